The number of imidazole rings is 1. The standard InChI is InChI=1S/C14H18FN3/c1-4-16-14-17-10(2)9-18(14)11(3)12-7-5-6-8-13(12)15/h5-9,11H,4H2,1-3H3,(H,16,17). The Bertz CT molecular complexity index is 534. The van der Waals surface area contributed by atoms with Gasteiger partial charge in [0.2, 0.25) is 5.95 Å². The third-order valence-electron chi connectivity index (χ3n) is 2.96. The molecule has 4 heteroatoms. The van der Waals surface area contributed by atoms with Crippen molar-refractivity contribution >= 4 is 5.95 Å². The SMILES string of the molecule is CCNc1nc(C)cn1C(C)c1ccccc1F. The monoisotopic (exact) mass is 247 g/mol. The van der Waals surface area contributed by atoms with E-state index in [-0.39, 0.29) is 11.9 Å². The highest BCUT2D eigenvalue weighted by Gasteiger charge is 2.16. The van der Waals surface area contributed by atoms with Crippen LogP contribution in [0, 0.1) is 12.7 Å². The minimum Gasteiger partial charge on any atom is -0.356 e. The molecule has 96 valence electrons. The van der Waals surface area contributed by atoms with Gasteiger partial charge in [0.1, 0.15) is 5.82 Å². The summed E-state index contributed by atoms with van der Waals surface area (Å²) in [6.45, 7) is 6.72. The van der Waals surface area contributed by atoms with Gasteiger partial charge in [-0.3, -0.25) is 0 Å². The Morgan fingerprint density at radius 2 is 2.11 bits per heavy atom. The lowest BCUT2D eigenvalue weighted by molar-refractivity contribution is 0.559. The highest BCUT2D eigenvalue weighted by Crippen LogP contribution is 2.24. The molecule has 1 aromatic carbocycles. The van der Waals surface area contributed by atoms with Crippen LogP contribution < -0.4 is 5.32 Å². The van der Waals surface area contributed by atoms with Gasteiger partial charge in [0.15, 0.2) is 0 Å². The summed E-state index contributed by atoms with van der Waals surface area (Å²) in [5, 5.41) is 3.20. The van der Waals surface area contributed by atoms with Crippen LogP contribution >= 0.6 is 0 Å². The lowest BCUT2D eigenvalue weighted by Gasteiger charge is -2.17. The minimum atomic E-state index is -0.182. The van der Waals surface area contributed by atoms with E-state index in [1.165, 1.54) is 6.07 Å². The largest absolute Gasteiger partial charge is 0.356 e. The zero-order valence-corrected chi connectivity index (χ0v) is 10.9. The third-order valence-corrected chi connectivity index (χ3v) is 2.96. The Hall–Kier alpha value is -1.84. The maximum absolute atomic E-state index is 13.8. The first-order valence-corrected chi connectivity index (χ1v) is 6.17. The van der Waals surface area contributed by atoms with Crippen molar-refractivity contribution in [2.45, 2.75) is 26.8 Å². The quantitative estimate of drug-likeness (QED) is 0.897. The van der Waals surface area contributed by atoms with Crippen molar-refractivity contribution in [3.8, 4) is 0 Å². The molecule has 0 aliphatic heterocycles. The molecule has 0 amide bonds. The van der Waals surface area contributed by atoms with E-state index in [9.17, 15) is 4.39 Å². The highest BCUT2D eigenvalue weighted by molar-refractivity contribution is 5.33. The molecule has 2 rings (SSSR count). The van der Waals surface area contributed by atoms with Crippen LogP contribution in [-0.4, -0.2) is 16.1 Å². The first-order valence-electron chi connectivity index (χ1n) is 6.17. The Kier molecular flexibility index (Phi) is 3.65. The third kappa shape index (κ3) is 2.37. The van der Waals surface area contributed by atoms with Crippen LogP contribution in [0.5, 0.6) is 0 Å². The molecule has 3 nitrogen and oxygen atoms in total. The van der Waals surface area contributed by atoms with E-state index < -0.39 is 0 Å². The fourth-order valence-corrected chi connectivity index (χ4v) is 2.06. The summed E-state index contributed by atoms with van der Waals surface area (Å²) in [6.07, 6.45) is 1.94. The van der Waals surface area contributed by atoms with Gasteiger partial charge in [0, 0.05) is 18.3 Å². The topological polar surface area (TPSA) is 29.9 Å². The van der Waals surface area contributed by atoms with Crippen LogP contribution in [0.1, 0.15) is 31.1 Å². The predicted octanol–water partition coefficient (Wildman–Crippen LogP) is 3.37. The summed E-state index contributed by atoms with van der Waals surface area (Å²) in [4.78, 5) is 4.41. The summed E-state index contributed by atoms with van der Waals surface area (Å²) in [7, 11) is 0. The van der Waals surface area contributed by atoms with E-state index in [0.29, 0.717) is 5.56 Å². The molecule has 0 aliphatic rings. The van der Waals surface area contributed by atoms with Crippen LogP contribution in [0.3, 0.4) is 0 Å². The summed E-state index contributed by atoms with van der Waals surface area (Å²) < 4.78 is 15.8. The summed E-state index contributed by atoms with van der Waals surface area (Å²) >= 11 is 0. The van der Waals surface area contributed by atoms with Gasteiger partial charge in [-0.1, -0.05) is 18.2 Å². The molecule has 0 aliphatic carbocycles. The number of aryl methyl sites for hydroxylation is 1. The zero-order valence-electron chi connectivity index (χ0n) is 10.9. The van der Waals surface area contributed by atoms with Crippen LogP contribution in [0.15, 0.2) is 30.5 Å². The number of hydrogen-bond donors (Lipinski definition) is 1. The maximum Gasteiger partial charge on any atom is 0.203 e. The van der Waals surface area contributed by atoms with E-state index in [1.54, 1.807) is 6.07 Å². The maximum atomic E-state index is 13.8. The second-order valence-corrected chi connectivity index (χ2v) is 4.34. The first-order chi connectivity index (χ1) is 8.63. The Labute approximate surface area is 107 Å². The van der Waals surface area contributed by atoms with Gasteiger partial charge in [-0.05, 0) is 26.8 Å². The van der Waals surface area contributed by atoms with Crippen molar-refractivity contribution in [2.75, 3.05) is 11.9 Å². The van der Waals surface area contributed by atoms with Crippen LogP contribution in [0.25, 0.3) is 0 Å². The van der Waals surface area contributed by atoms with Gasteiger partial charge in [-0.15, -0.1) is 0 Å². The number of benzene rings is 1. The van der Waals surface area contributed by atoms with E-state index in [0.717, 1.165) is 18.2 Å². The molecule has 1 N–H and O–H groups in total. The number of nitrogens with one attached hydrogen (secondary N) is 1. The van der Waals surface area contributed by atoms with Crippen molar-refractivity contribution in [3.05, 3.63) is 47.5 Å². The van der Waals surface area contributed by atoms with Crippen molar-refractivity contribution in [3.63, 3.8) is 0 Å². The summed E-state index contributed by atoms with van der Waals surface area (Å²) in [5.74, 6) is 0.601. The van der Waals surface area contributed by atoms with Gasteiger partial charge < -0.3 is 9.88 Å². The van der Waals surface area contributed by atoms with Crippen molar-refractivity contribution in [1.29, 1.82) is 0 Å². The lowest BCUT2D eigenvalue weighted by atomic mass is 10.1. The normalized spacial score (nSPS) is 12.4. The van der Waals surface area contributed by atoms with E-state index in [4.69, 9.17) is 0 Å². The Balaban J connectivity index is 2.39. The number of rotatable bonds is 4. The minimum absolute atomic E-state index is 0.0820. The highest BCUT2D eigenvalue weighted by atomic mass is 19.1. The van der Waals surface area contributed by atoms with E-state index in [1.807, 2.05) is 43.7 Å². The lowest BCUT2D eigenvalue weighted by Crippen LogP contribution is -2.12. The van der Waals surface area contributed by atoms with Crippen LogP contribution in [-0.2, 0) is 0 Å². The summed E-state index contributed by atoms with van der Waals surface area (Å²) in [5.41, 5.74) is 1.60. The molecule has 0 fully saturated rings. The van der Waals surface area contributed by atoms with Gasteiger partial charge in [0.25, 0.3) is 0 Å². The molecule has 0 radical (unpaired) electrons. The molecular weight excluding hydrogens is 229 g/mol. The van der Waals surface area contributed by atoms with Gasteiger partial charge in [0.05, 0.1) is 11.7 Å². The predicted molar refractivity (Wildman–Crippen MR) is 71.3 cm³/mol. The van der Waals surface area contributed by atoms with Crippen molar-refractivity contribution < 1.29 is 4.39 Å². The van der Waals surface area contributed by atoms with Crippen molar-refractivity contribution in [2.24, 2.45) is 0 Å². The number of anilines is 1. The zero-order chi connectivity index (χ0) is 13.1. The molecule has 0 bridgehead atoms. The number of hydrogen-bond acceptors (Lipinski definition) is 2. The first kappa shape index (κ1) is 12.6. The smallest absolute Gasteiger partial charge is 0.203 e. The molecule has 18 heavy (non-hydrogen) atoms. The average Bonchev–Trinajstić information content (AvgIpc) is 2.71. The van der Waals surface area contributed by atoms with Gasteiger partial charge in [-0.25, -0.2) is 9.37 Å². The molecule has 1 atom stereocenters. The molecule has 1 aromatic heterocycles. The van der Waals surface area contributed by atoms with Crippen molar-refractivity contribution in [1.82, 2.24) is 9.55 Å². The molecule has 1 unspecified atom stereocenters. The van der Waals surface area contributed by atoms with Crippen LogP contribution in [0.4, 0.5) is 10.3 Å². The Morgan fingerprint density at radius 3 is 2.78 bits per heavy atom. The molecule has 2 aromatic rings. The molecule has 0 spiro atoms. The summed E-state index contributed by atoms with van der Waals surface area (Å²) in [6, 6.07) is 6.77. The van der Waals surface area contributed by atoms with E-state index in [2.05, 4.69) is 10.3 Å². The fourth-order valence-electron chi connectivity index (χ4n) is 2.06. The van der Waals surface area contributed by atoms with Gasteiger partial charge >= 0.3 is 0 Å². The van der Waals surface area contributed by atoms with Crippen LogP contribution in [0.2, 0.25) is 0 Å². The molecule has 0 saturated heterocycles. The second-order valence-electron chi connectivity index (χ2n) is 4.34. The second kappa shape index (κ2) is 5.21. The number of halogens is 1. The Morgan fingerprint density at radius 1 is 1.39 bits per heavy atom. The molecular formula is C14H18FN3. The number of nitrogens with zero attached hydrogens (tertiary/aromatic N) is 2. The van der Waals surface area contributed by atoms with E-state index >= 15 is 0 Å². The number of aromatic nitrogens is 2. The molecule has 1 heterocycles. The molecule has 0 saturated carbocycles. The fraction of sp³-hybridized carbons (Fsp3) is 0.357. The van der Waals surface area contributed by atoms with Gasteiger partial charge in [-0.2, -0.15) is 0 Å². The average molecular weight is 247 g/mol.